The van der Waals surface area contributed by atoms with E-state index in [2.05, 4.69) is 160 Å². The molecule has 0 radical (unpaired) electrons. The molecule has 10 aromatic rings. The summed E-state index contributed by atoms with van der Waals surface area (Å²) in [6.07, 6.45) is 14.2. The first-order valence-electron chi connectivity index (χ1n) is 19.3. The zero-order chi connectivity index (χ0) is 39.7. The molecule has 0 fully saturated rings. The Kier molecular flexibility index (Phi) is 8.33. The Bertz CT molecular complexity index is 3080. The minimum absolute atomic E-state index is 0.870. The SMILES string of the molecule is CN1c2cc3ncncc3cc2P(c2ccccc2)c2cc3cncnc3cc2N(C)c2cc3ncncc3cc2[PH](C)(c2ccccc2)c2cc3cncnc3cc21. The maximum absolute atomic E-state index is 4.82. The van der Waals surface area contributed by atoms with Crippen LogP contribution in [0, 0.1) is 0 Å². The summed E-state index contributed by atoms with van der Waals surface area (Å²) in [6, 6.07) is 40.1. The van der Waals surface area contributed by atoms with Gasteiger partial charge >= 0.3 is 343 Å². The van der Waals surface area contributed by atoms with E-state index in [9.17, 15) is 0 Å². The molecule has 0 bridgehead atoms. The molecule has 0 saturated heterocycles. The maximum atomic E-state index is 4.82. The van der Waals surface area contributed by atoms with E-state index >= 15 is 0 Å². The summed E-state index contributed by atoms with van der Waals surface area (Å²) in [7, 11) is 0.125. The van der Waals surface area contributed by atoms with Crippen molar-refractivity contribution in [1.82, 2.24) is 39.9 Å². The molecule has 0 atom stereocenters. The van der Waals surface area contributed by atoms with E-state index in [0.29, 0.717) is 0 Å². The van der Waals surface area contributed by atoms with Gasteiger partial charge in [0.2, 0.25) is 0 Å². The predicted octanol–water partition coefficient (Wildman–Crippen LogP) is 6.72. The molecule has 0 amide bonds. The second kappa shape index (κ2) is 13.9. The first-order chi connectivity index (χ1) is 29.0. The van der Waals surface area contributed by atoms with Gasteiger partial charge in [-0.1, -0.05) is 0 Å². The Hall–Kier alpha value is -6.86. The molecule has 6 aromatic carbocycles. The number of hydrogen-bond acceptors (Lipinski definition) is 10. The molecule has 0 N–H and O–H groups in total. The van der Waals surface area contributed by atoms with Gasteiger partial charge in [-0.3, -0.25) is 0 Å². The van der Waals surface area contributed by atoms with Crippen molar-refractivity contribution in [3.05, 3.63) is 159 Å². The van der Waals surface area contributed by atoms with Crippen molar-refractivity contribution in [2.75, 3.05) is 30.6 Å². The summed E-state index contributed by atoms with van der Waals surface area (Å²) in [5, 5.41) is 11.2. The van der Waals surface area contributed by atoms with Crippen molar-refractivity contribution >= 4 is 113 Å². The Morgan fingerprint density at radius 1 is 0.441 bits per heavy atom. The van der Waals surface area contributed by atoms with Crippen LogP contribution in [0.3, 0.4) is 0 Å². The number of rotatable bonds is 2. The van der Waals surface area contributed by atoms with Gasteiger partial charge in [-0.2, -0.15) is 0 Å². The van der Waals surface area contributed by atoms with Gasteiger partial charge in [-0.15, -0.1) is 0 Å². The number of benzene rings is 6. The summed E-state index contributed by atoms with van der Waals surface area (Å²) >= 11 is 0. The van der Waals surface area contributed by atoms with Gasteiger partial charge in [-0.25, -0.2) is 0 Å². The van der Waals surface area contributed by atoms with E-state index in [4.69, 9.17) is 19.9 Å². The van der Waals surface area contributed by atoms with Crippen LogP contribution in [-0.2, 0) is 0 Å². The Labute approximate surface area is 341 Å². The van der Waals surface area contributed by atoms with E-state index in [0.717, 1.165) is 66.4 Å². The fourth-order valence-corrected chi connectivity index (χ4v) is 15.6. The first-order valence-corrected chi connectivity index (χ1v) is 23.1. The summed E-state index contributed by atoms with van der Waals surface area (Å²) in [5.74, 6) is 0. The van der Waals surface area contributed by atoms with Crippen LogP contribution in [0.25, 0.3) is 43.6 Å². The van der Waals surface area contributed by atoms with Gasteiger partial charge in [0.05, 0.1) is 0 Å². The number of anilines is 4. The van der Waals surface area contributed by atoms with Gasteiger partial charge in [0.25, 0.3) is 0 Å². The van der Waals surface area contributed by atoms with Crippen LogP contribution >= 0.6 is 15.2 Å². The van der Waals surface area contributed by atoms with E-state index in [1.54, 1.807) is 25.3 Å². The van der Waals surface area contributed by atoms with Crippen molar-refractivity contribution in [3.8, 4) is 0 Å². The molecule has 11 rings (SSSR count). The molecular formula is C47H36N10P2. The monoisotopic (exact) mass is 802 g/mol. The predicted molar refractivity (Wildman–Crippen MR) is 246 cm³/mol. The normalized spacial score (nSPS) is 15.5. The molecule has 4 aromatic heterocycles. The molecule has 1 aliphatic rings. The fraction of sp³-hybridized carbons (Fsp3) is 0.0638. The quantitative estimate of drug-likeness (QED) is 0.175. The molecule has 0 spiro atoms. The Balaban J connectivity index is 1.37. The molecule has 59 heavy (non-hydrogen) atoms. The molecular weight excluding hydrogens is 767 g/mol. The second-order valence-electron chi connectivity index (χ2n) is 15.0. The Morgan fingerprint density at radius 3 is 1.24 bits per heavy atom. The first kappa shape index (κ1) is 35.3. The zero-order valence-corrected chi connectivity index (χ0v) is 34.3. The summed E-state index contributed by atoms with van der Waals surface area (Å²) in [4.78, 5) is 42.0. The van der Waals surface area contributed by atoms with Gasteiger partial charge < -0.3 is 0 Å². The number of aromatic nitrogens is 8. The van der Waals surface area contributed by atoms with Gasteiger partial charge in [0.15, 0.2) is 0 Å². The van der Waals surface area contributed by atoms with Gasteiger partial charge in [0, 0.05) is 0 Å². The molecule has 0 saturated carbocycles. The van der Waals surface area contributed by atoms with Crippen molar-refractivity contribution in [3.63, 3.8) is 0 Å². The number of fused-ring (bicyclic) bond motifs is 8. The number of hydrogen-bond donors (Lipinski definition) is 0. The number of nitrogens with zero attached hydrogens (tertiary/aromatic N) is 10. The van der Waals surface area contributed by atoms with Crippen LogP contribution in [0.1, 0.15) is 0 Å². The third-order valence-electron chi connectivity index (χ3n) is 11.8. The van der Waals surface area contributed by atoms with Crippen LogP contribution in [-0.4, -0.2) is 60.6 Å². The fourth-order valence-electron chi connectivity index (χ4n) is 8.77. The average molecular weight is 803 g/mol. The molecule has 0 unspecified atom stereocenters. The second-order valence-corrected chi connectivity index (χ2v) is 21.1. The molecule has 5 heterocycles. The molecule has 1 aliphatic heterocycles. The van der Waals surface area contributed by atoms with Crippen molar-refractivity contribution in [1.29, 1.82) is 0 Å². The van der Waals surface area contributed by atoms with E-state index in [1.165, 1.54) is 31.8 Å². The van der Waals surface area contributed by atoms with Gasteiger partial charge in [0.1, 0.15) is 0 Å². The third kappa shape index (κ3) is 5.70. The zero-order valence-electron chi connectivity index (χ0n) is 32.4. The third-order valence-corrected chi connectivity index (χ3v) is 18.8. The van der Waals surface area contributed by atoms with Crippen molar-refractivity contribution in [2.24, 2.45) is 0 Å². The summed E-state index contributed by atoms with van der Waals surface area (Å²) in [5.41, 5.74) is 7.72. The van der Waals surface area contributed by atoms with Crippen molar-refractivity contribution in [2.45, 2.75) is 0 Å². The molecule has 284 valence electrons. The topological polar surface area (TPSA) is 110 Å². The molecule has 0 aliphatic carbocycles. The standard InChI is InChI=1S/C47H36N10P2/c1-56-40-18-36-30(22-48-26-52-36)14-44(40)58(34-10-6-4-7-11-34)45-15-31-23-49-27-53-37(31)19-41(45)57(2)43-21-39-33(25-51-29-55-39)17-47(43)59(3,35-12-8-5-9-13-35)46-16-32-24-50-28-54-38(32)20-42(46)56/h4-29,59H,1-3H3. The summed E-state index contributed by atoms with van der Waals surface area (Å²) in [6.45, 7) is 2.47. The van der Waals surface area contributed by atoms with Crippen LogP contribution in [0.5, 0.6) is 0 Å². The van der Waals surface area contributed by atoms with E-state index < -0.39 is 15.2 Å². The van der Waals surface area contributed by atoms with E-state index in [-0.39, 0.29) is 0 Å². The van der Waals surface area contributed by atoms with Crippen LogP contribution in [0.4, 0.5) is 22.7 Å². The molecule has 12 heteroatoms. The average Bonchev–Trinajstić information content (AvgIpc) is 3.30. The van der Waals surface area contributed by atoms with Crippen molar-refractivity contribution < 1.29 is 0 Å². The summed E-state index contributed by atoms with van der Waals surface area (Å²) < 4.78 is 0. The van der Waals surface area contributed by atoms with Crippen LogP contribution in [0.2, 0.25) is 0 Å². The van der Waals surface area contributed by atoms with E-state index in [1.807, 2.05) is 24.8 Å². The van der Waals surface area contributed by atoms with Crippen LogP contribution < -0.4 is 41.6 Å². The molecule has 10 nitrogen and oxygen atoms in total. The Morgan fingerprint density at radius 2 is 0.814 bits per heavy atom. The van der Waals surface area contributed by atoms with Gasteiger partial charge in [-0.05, 0) is 0 Å². The van der Waals surface area contributed by atoms with Crippen LogP contribution in [0.15, 0.2) is 159 Å². The minimum atomic E-state index is -3.02.